The van der Waals surface area contributed by atoms with Gasteiger partial charge in [-0.15, -0.1) is 0 Å². The van der Waals surface area contributed by atoms with Crippen molar-refractivity contribution in [1.82, 2.24) is 14.9 Å². The molecule has 0 unspecified atom stereocenters. The molecule has 0 spiro atoms. The molecule has 1 aromatic carbocycles. The van der Waals surface area contributed by atoms with E-state index >= 15 is 0 Å². The van der Waals surface area contributed by atoms with Crippen LogP contribution in [0.3, 0.4) is 0 Å². The number of nitrogens with zero attached hydrogens (tertiary/aromatic N) is 1. The van der Waals surface area contributed by atoms with E-state index in [2.05, 4.69) is 29.1 Å². The van der Waals surface area contributed by atoms with Crippen molar-refractivity contribution in [2.75, 3.05) is 32.4 Å². The molecule has 1 aliphatic rings. The summed E-state index contributed by atoms with van der Waals surface area (Å²) in [6.45, 7) is 3.60. The number of hydrogen-bond donors (Lipinski definition) is 2. The van der Waals surface area contributed by atoms with Crippen LogP contribution in [0.4, 0.5) is 4.79 Å². The molecule has 0 aliphatic carbocycles. The van der Waals surface area contributed by atoms with Gasteiger partial charge in [0.25, 0.3) is 0 Å². The smallest absolute Gasteiger partial charge is 0.317 e. The van der Waals surface area contributed by atoms with Gasteiger partial charge in [-0.3, -0.25) is 0 Å². The van der Waals surface area contributed by atoms with Crippen molar-refractivity contribution in [2.45, 2.75) is 25.7 Å². The summed E-state index contributed by atoms with van der Waals surface area (Å²) in [6, 6.07) is 8.09. The predicted octanol–water partition coefficient (Wildman–Crippen LogP) is 1.43. The fourth-order valence-electron chi connectivity index (χ4n) is 2.97. The largest absolute Gasteiger partial charge is 0.337 e. The lowest BCUT2D eigenvalue weighted by Crippen LogP contribution is -2.46. The van der Waals surface area contributed by atoms with E-state index in [1.54, 1.807) is 4.90 Å². The Morgan fingerprint density at radius 2 is 2.09 bits per heavy atom. The number of benzene rings is 1. The van der Waals surface area contributed by atoms with Crippen LogP contribution in [-0.4, -0.2) is 51.8 Å². The second kappa shape index (κ2) is 7.79. The van der Waals surface area contributed by atoms with Gasteiger partial charge in [0, 0.05) is 25.6 Å². The van der Waals surface area contributed by atoms with Crippen LogP contribution < -0.4 is 10.0 Å². The van der Waals surface area contributed by atoms with Crippen LogP contribution in [0.1, 0.15) is 29.9 Å². The van der Waals surface area contributed by atoms with Crippen LogP contribution in [0.25, 0.3) is 0 Å². The first-order chi connectivity index (χ1) is 10.9. The van der Waals surface area contributed by atoms with Crippen LogP contribution in [-0.2, 0) is 10.0 Å². The molecule has 1 atom stereocenters. The Labute approximate surface area is 138 Å². The average Bonchev–Trinajstić information content (AvgIpc) is 2.55. The average molecular weight is 339 g/mol. The first-order valence-corrected chi connectivity index (χ1v) is 9.57. The Hall–Kier alpha value is -1.60. The summed E-state index contributed by atoms with van der Waals surface area (Å²) in [7, 11) is -1.92. The molecule has 2 N–H and O–H groups in total. The fraction of sp³-hybridized carbons (Fsp3) is 0.562. The van der Waals surface area contributed by atoms with E-state index in [9.17, 15) is 13.2 Å². The van der Waals surface area contributed by atoms with Gasteiger partial charge in [-0.2, -0.15) is 0 Å². The molecule has 6 nitrogen and oxygen atoms in total. The Bertz CT molecular complexity index is 646. The molecule has 2 amide bonds. The molecular weight excluding hydrogens is 314 g/mol. The van der Waals surface area contributed by atoms with Gasteiger partial charge in [0.05, 0.1) is 5.75 Å². The first-order valence-electron chi connectivity index (χ1n) is 7.92. The summed E-state index contributed by atoms with van der Waals surface area (Å²) in [5.41, 5.74) is 2.54. The van der Waals surface area contributed by atoms with Crippen molar-refractivity contribution in [1.29, 1.82) is 0 Å². The first kappa shape index (κ1) is 17.7. The van der Waals surface area contributed by atoms with Gasteiger partial charge in [0.15, 0.2) is 0 Å². The Morgan fingerprint density at radius 1 is 1.35 bits per heavy atom. The third kappa shape index (κ3) is 4.94. The number of amides is 2. The molecule has 0 saturated carbocycles. The van der Waals surface area contributed by atoms with Gasteiger partial charge in [-0.25, -0.2) is 17.9 Å². The van der Waals surface area contributed by atoms with Crippen molar-refractivity contribution >= 4 is 16.1 Å². The molecule has 1 heterocycles. The lowest BCUT2D eigenvalue weighted by molar-refractivity contribution is 0.180. The number of aryl methyl sites for hydroxylation is 1. The number of rotatable bonds is 5. The van der Waals surface area contributed by atoms with Gasteiger partial charge < -0.3 is 10.2 Å². The SMILES string of the molecule is CNS(=O)(=O)CCNC(=O)N1CCC[C@@H](c2ccccc2C)C1. The van der Waals surface area contributed by atoms with Crippen LogP contribution >= 0.6 is 0 Å². The molecule has 1 fully saturated rings. The topological polar surface area (TPSA) is 78.5 Å². The minimum absolute atomic E-state index is 0.107. The van der Waals surface area contributed by atoms with Crippen molar-refractivity contribution in [2.24, 2.45) is 0 Å². The standard InChI is InChI=1S/C16H25N3O3S/c1-13-6-3-4-8-15(13)14-7-5-10-19(12-14)16(20)18-9-11-23(21,22)17-2/h3-4,6,8,14,17H,5,7,9-12H2,1-2H3,(H,18,20)/t14-/m1/s1. The Kier molecular flexibility index (Phi) is 6.01. The third-order valence-corrected chi connectivity index (χ3v) is 5.66. The van der Waals surface area contributed by atoms with Gasteiger partial charge >= 0.3 is 6.03 Å². The number of likely N-dealkylation sites (tertiary alicyclic amines) is 1. The van der Waals surface area contributed by atoms with Gasteiger partial charge in [0.1, 0.15) is 0 Å². The van der Waals surface area contributed by atoms with E-state index < -0.39 is 10.0 Å². The third-order valence-electron chi connectivity index (χ3n) is 4.29. The van der Waals surface area contributed by atoms with E-state index in [1.165, 1.54) is 18.2 Å². The number of carbonyl (C=O) groups is 1. The van der Waals surface area contributed by atoms with E-state index in [4.69, 9.17) is 0 Å². The quantitative estimate of drug-likeness (QED) is 0.852. The molecular formula is C16H25N3O3S. The fourth-order valence-corrected chi connectivity index (χ4v) is 3.54. The monoisotopic (exact) mass is 339 g/mol. The molecule has 2 rings (SSSR count). The highest BCUT2D eigenvalue weighted by molar-refractivity contribution is 7.89. The number of carbonyl (C=O) groups excluding carboxylic acids is 1. The molecule has 128 valence electrons. The zero-order valence-electron chi connectivity index (χ0n) is 13.7. The predicted molar refractivity (Wildman–Crippen MR) is 91.0 cm³/mol. The van der Waals surface area contributed by atoms with Crippen molar-refractivity contribution in [3.8, 4) is 0 Å². The minimum atomic E-state index is -3.29. The zero-order valence-corrected chi connectivity index (χ0v) is 14.5. The summed E-state index contributed by atoms with van der Waals surface area (Å²) < 4.78 is 24.9. The number of urea groups is 1. The van der Waals surface area contributed by atoms with Gasteiger partial charge in [-0.05, 0) is 37.9 Å². The highest BCUT2D eigenvalue weighted by Gasteiger charge is 2.25. The molecule has 1 saturated heterocycles. The summed E-state index contributed by atoms with van der Waals surface area (Å²) in [5.74, 6) is 0.237. The minimum Gasteiger partial charge on any atom is -0.337 e. The normalized spacial score (nSPS) is 18.7. The lowest BCUT2D eigenvalue weighted by atomic mass is 9.88. The zero-order chi connectivity index (χ0) is 16.9. The van der Waals surface area contributed by atoms with E-state index in [0.717, 1.165) is 12.8 Å². The highest BCUT2D eigenvalue weighted by Crippen LogP contribution is 2.28. The van der Waals surface area contributed by atoms with Gasteiger partial charge in [0.2, 0.25) is 10.0 Å². The second-order valence-corrected chi connectivity index (χ2v) is 7.94. The number of sulfonamides is 1. The number of hydrogen-bond acceptors (Lipinski definition) is 3. The Balaban J connectivity index is 1.91. The summed E-state index contributed by atoms with van der Waals surface area (Å²) >= 11 is 0. The number of piperidine rings is 1. The summed E-state index contributed by atoms with van der Waals surface area (Å²) in [5, 5.41) is 2.70. The summed E-state index contributed by atoms with van der Waals surface area (Å²) in [6.07, 6.45) is 2.03. The van der Waals surface area contributed by atoms with E-state index in [0.29, 0.717) is 19.0 Å². The maximum Gasteiger partial charge on any atom is 0.317 e. The molecule has 1 aliphatic heterocycles. The molecule has 1 aromatic rings. The molecule has 23 heavy (non-hydrogen) atoms. The molecule has 7 heteroatoms. The molecule has 0 aromatic heterocycles. The maximum atomic E-state index is 12.2. The van der Waals surface area contributed by atoms with Crippen molar-refractivity contribution in [3.05, 3.63) is 35.4 Å². The molecule has 0 bridgehead atoms. The van der Waals surface area contributed by atoms with Crippen LogP contribution in [0.15, 0.2) is 24.3 Å². The molecule has 0 radical (unpaired) electrons. The van der Waals surface area contributed by atoms with Crippen LogP contribution in [0, 0.1) is 6.92 Å². The van der Waals surface area contributed by atoms with Crippen molar-refractivity contribution < 1.29 is 13.2 Å². The maximum absolute atomic E-state index is 12.2. The second-order valence-electron chi connectivity index (χ2n) is 5.90. The Morgan fingerprint density at radius 3 is 2.78 bits per heavy atom. The number of nitrogens with one attached hydrogen (secondary N) is 2. The lowest BCUT2D eigenvalue weighted by Gasteiger charge is -2.33. The van der Waals surface area contributed by atoms with E-state index in [1.807, 2.05) is 12.1 Å². The highest BCUT2D eigenvalue weighted by atomic mass is 32.2. The van der Waals surface area contributed by atoms with Crippen LogP contribution in [0.2, 0.25) is 0 Å². The summed E-state index contributed by atoms with van der Waals surface area (Å²) in [4.78, 5) is 14.0. The van der Waals surface area contributed by atoms with Gasteiger partial charge in [-0.1, -0.05) is 24.3 Å². The van der Waals surface area contributed by atoms with Crippen molar-refractivity contribution in [3.63, 3.8) is 0 Å². The van der Waals surface area contributed by atoms with Crippen LogP contribution in [0.5, 0.6) is 0 Å². The van der Waals surface area contributed by atoms with E-state index in [-0.39, 0.29) is 18.3 Å².